The molecule has 1 aromatic carbocycles. The molecule has 1 aliphatic rings. The maximum Gasteiger partial charge on any atom is 0.242 e. The number of unbranched alkanes of at least 4 members (excludes halogenated alkanes) is 1. The molecule has 1 aliphatic heterocycles. The molecule has 4 nitrogen and oxygen atoms in total. The highest BCUT2D eigenvalue weighted by Gasteiger charge is 2.34. The third-order valence-corrected chi connectivity index (χ3v) is 6.53. The molecule has 2 amide bonds. The molecule has 2 heterocycles. The summed E-state index contributed by atoms with van der Waals surface area (Å²) in [5.74, 6) is 0.102. The zero-order chi connectivity index (χ0) is 20.1. The van der Waals surface area contributed by atoms with E-state index in [1.165, 1.54) is 21.6 Å². The van der Waals surface area contributed by atoms with Crippen molar-refractivity contribution in [3.8, 4) is 0 Å². The molecule has 0 saturated heterocycles. The van der Waals surface area contributed by atoms with Crippen LogP contribution in [0.5, 0.6) is 0 Å². The lowest BCUT2D eigenvalue weighted by molar-refractivity contribution is -0.141. The Kier molecular flexibility index (Phi) is 6.89. The molecule has 150 valence electrons. The van der Waals surface area contributed by atoms with Gasteiger partial charge in [0.2, 0.25) is 11.8 Å². The van der Waals surface area contributed by atoms with Gasteiger partial charge in [0.05, 0.1) is 12.6 Å². The van der Waals surface area contributed by atoms with Crippen LogP contribution in [0.1, 0.15) is 60.7 Å². The molecule has 0 radical (unpaired) electrons. The number of benzene rings is 1. The van der Waals surface area contributed by atoms with E-state index < -0.39 is 0 Å². The Bertz CT molecular complexity index is 830. The van der Waals surface area contributed by atoms with Crippen LogP contribution < -0.4 is 0 Å². The summed E-state index contributed by atoms with van der Waals surface area (Å²) in [4.78, 5) is 30.8. The number of carbonyl (C=O) groups is 2. The Morgan fingerprint density at radius 1 is 1.18 bits per heavy atom. The van der Waals surface area contributed by atoms with Crippen LogP contribution in [-0.4, -0.2) is 41.2 Å². The average Bonchev–Trinajstić information content (AvgIpc) is 3.19. The van der Waals surface area contributed by atoms with Gasteiger partial charge < -0.3 is 9.80 Å². The highest BCUT2D eigenvalue weighted by molar-refractivity contribution is 7.10. The van der Waals surface area contributed by atoms with E-state index in [0.29, 0.717) is 19.5 Å². The normalized spacial score (nSPS) is 16.0. The van der Waals surface area contributed by atoms with Gasteiger partial charge in [-0.2, -0.15) is 0 Å². The Hall–Kier alpha value is -2.14. The van der Waals surface area contributed by atoms with Gasteiger partial charge in [-0.3, -0.25) is 9.59 Å². The number of hydrogen-bond acceptors (Lipinski definition) is 3. The standard InChI is InChI=1S/C23H30N2O2S/c1-4-6-13-24(21(26)5-2)16-22(27)25-14-11-20-19(12-15-28-20)23(25)18-10-8-7-9-17(18)3/h7-10,12,15,23H,4-6,11,13-14,16H2,1-3H3/t23-/m1/s1. The summed E-state index contributed by atoms with van der Waals surface area (Å²) in [5.41, 5.74) is 3.61. The molecule has 28 heavy (non-hydrogen) atoms. The topological polar surface area (TPSA) is 40.6 Å². The molecular formula is C23H30N2O2S. The minimum absolute atomic E-state index is 0.0445. The smallest absolute Gasteiger partial charge is 0.242 e. The second-order valence-electron chi connectivity index (χ2n) is 7.42. The quantitative estimate of drug-likeness (QED) is 0.685. The third-order valence-electron chi connectivity index (χ3n) is 5.53. The number of amides is 2. The number of carbonyl (C=O) groups excluding carboxylic acids is 2. The Labute approximate surface area is 172 Å². The number of nitrogens with zero attached hydrogens (tertiary/aromatic N) is 2. The van der Waals surface area contributed by atoms with Crippen LogP contribution in [-0.2, 0) is 16.0 Å². The van der Waals surface area contributed by atoms with E-state index in [1.54, 1.807) is 16.2 Å². The van der Waals surface area contributed by atoms with Gasteiger partial charge in [0.1, 0.15) is 0 Å². The highest BCUT2D eigenvalue weighted by Crippen LogP contribution is 2.38. The zero-order valence-corrected chi connectivity index (χ0v) is 17.9. The molecule has 0 aliphatic carbocycles. The molecule has 0 fully saturated rings. The SMILES string of the molecule is CCCCN(CC(=O)N1CCc2sccc2[C@H]1c1ccccc1C)C(=O)CC. The number of hydrogen-bond donors (Lipinski definition) is 0. The lowest BCUT2D eigenvalue weighted by Crippen LogP contribution is -2.47. The minimum Gasteiger partial charge on any atom is -0.333 e. The van der Waals surface area contributed by atoms with Crippen molar-refractivity contribution in [3.05, 3.63) is 57.3 Å². The van der Waals surface area contributed by atoms with Crippen molar-refractivity contribution in [2.75, 3.05) is 19.6 Å². The van der Waals surface area contributed by atoms with Gasteiger partial charge in [0, 0.05) is 24.4 Å². The van der Waals surface area contributed by atoms with Crippen molar-refractivity contribution in [1.82, 2.24) is 9.80 Å². The zero-order valence-electron chi connectivity index (χ0n) is 17.1. The Balaban J connectivity index is 1.89. The average molecular weight is 399 g/mol. The number of thiophene rings is 1. The monoisotopic (exact) mass is 398 g/mol. The van der Waals surface area contributed by atoms with Crippen molar-refractivity contribution in [2.45, 2.75) is 52.5 Å². The summed E-state index contributed by atoms with van der Waals surface area (Å²) in [6, 6.07) is 10.4. The molecule has 0 unspecified atom stereocenters. The van der Waals surface area contributed by atoms with Crippen molar-refractivity contribution in [2.24, 2.45) is 0 Å². The molecule has 5 heteroatoms. The van der Waals surface area contributed by atoms with Crippen LogP contribution in [0.3, 0.4) is 0 Å². The van der Waals surface area contributed by atoms with Crippen molar-refractivity contribution in [1.29, 1.82) is 0 Å². The molecular weight excluding hydrogens is 368 g/mol. The molecule has 0 N–H and O–H groups in total. The number of aryl methyl sites for hydroxylation is 1. The van der Waals surface area contributed by atoms with Crippen LogP contribution in [0.4, 0.5) is 0 Å². The Morgan fingerprint density at radius 2 is 1.96 bits per heavy atom. The van der Waals surface area contributed by atoms with Crippen LogP contribution in [0.2, 0.25) is 0 Å². The molecule has 1 atom stereocenters. The molecule has 3 rings (SSSR count). The first-order valence-electron chi connectivity index (χ1n) is 10.3. The first-order valence-corrected chi connectivity index (χ1v) is 11.1. The summed E-state index contributed by atoms with van der Waals surface area (Å²) in [6.07, 6.45) is 3.26. The molecule has 0 saturated carbocycles. The van der Waals surface area contributed by atoms with Gasteiger partial charge in [0.25, 0.3) is 0 Å². The molecule has 2 aromatic rings. The number of fused-ring (bicyclic) bond motifs is 1. The Morgan fingerprint density at radius 3 is 2.68 bits per heavy atom. The molecule has 0 spiro atoms. The predicted octanol–water partition coefficient (Wildman–Crippen LogP) is 4.57. The van der Waals surface area contributed by atoms with E-state index >= 15 is 0 Å². The lowest BCUT2D eigenvalue weighted by atomic mass is 9.90. The van der Waals surface area contributed by atoms with Gasteiger partial charge in [-0.05, 0) is 47.9 Å². The first-order chi connectivity index (χ1) is 13.6. The summed E-state index contributed by atoms with van der Waals surface area (Å²) in [5, 5.41) is 2.12. The summed E-state index contributed by atoms with van der Waals surface area (Å²) >= 11 is 1.77. The van der Waals surface area contributed by atoms with Gasteiger partial charge in [-0.15, -0.1) is 11.3 Å². The lowest BCUT2D eigenvalue weighted by Gasteiger charge is -2.38. The second kappa shape index (κ2) is 9.37. The minimum atomic E-state index is -0.0616. The van der Waals surface area contributed by atoms with Crippen molar-refractivity contribution in [3.63, 3.8) is 0 Å². The van der Waals surface area contributed by atoms with Crippen molar-refractivity contribution < 1.29 is 9.59 Å². The maximum absolute atomic E-state index is 13.4. The van der Waals surface area contributed by atoms with E-state index in [4.69, 9.17) is 0 Å². The summed E-state index contributed by atoms with van der Waals surface area (Å²) < 4.78 is 0. The fourth-order valence-corrected chi connectivity index (χ4v) is 4.84. The number of rotatable bonds is 7. The maximum atomic E-state index is 13.4. The van der Waals surface area contributed by atoms with E-state index in [0.717, 1.165) is 19.3 Å². The van der Waals surface area contributed by atoms with Gasteiger partial charge >= 0.3 is 0 Å². The largest absolute Gasteiger partial charge is 0.333 e. The van der Waals surface area contributed by atoms with Crippen LogP contribution >= 0.6 is 11.3 Å². The van der Waals surface area contributed by atoms with E-state index in [1.807, 2.05) is 24.0 Å². The van der Waals surface area contributed by atoms with Crippen LogP contribution in [0.25, 0.3) is 0 Å². The van der Waals surface area contributed by atoms with E-state index in [2.05, 4.69) is 37.4 Å². The molecule has 0 bridgehead atoms. The van der Waals surface area contributed by atoms with Gasteiger partial charge in [0.15, 0.2) is 0 Å². The fourth-order valence-electron chi connectivity index (χ4n) is 3.93. The summed E-state index contributed by atoms with van der Waals surface area (Å²) in [6.45, 7) is 7.60. The highest BCUT2D eigenvalue weighted by atomic mass is 32.1. The van der Waals surface area contributed by atoms with Crippen LogP contribution in [0.15, 0.2) is 35.7 Å². The van der Waals surface area contributed by atoms with Crippen LogP contribution in [0, 0.1) is 6.92 Å². The summed E-state index contributed by atoms with van der Waals surface area (Å²) in [7, 11) is 0. The van der Waals surface area contributed by atoms with Crippen molar-refractivity contribution >= 4 is 23.2 Å². The van der Waals surface area contributed by atoms with E-state index in [-0.39, 0.29) is 24.4 Å². The fraction of sp³-hybridized carbons (Fsp3) is 0.478. The first kappa shape index (κ1) is 20.6. The molecule has 1 aromatic heterocycles. The third kappa shape index (κ3) is 4.30. The second-order valence-corrected chi connectivity index (χ2v) is 8.42. The van der Waals surface area contributed by atoms with Gasteiger partial charge in [-0.25, -0.2) is 0 Å². The predicted molar refractivity (Wildman–Crippen MR) is 115 cm³/mol. The van der Waals surface area contributed by atoms with Gasteiger partial charge in [-0.1, -0.05) is 44.5 Å². The van der Waals surface area contributed by atoms with E-state index in [9.17, 15) is 9.59 Å².